The summed E-state index contributed by atoms with van der Waals surface area (Å²) in [6, 6.07) is 0. The lowest BCUT2D eigenvalue weighted by Gasteiger charge is -2.18. The zero-order valence-electron chi connectivity index (χ0n) is 46.7. The number of hydrogen-bond acceptors (Lipinski definition) is 6. The van der Waals surface area contributed by atoms with Crippen LogP contribution in [-0.2, 0) is 28.6 Å². The van der Waals surface area contributed by atoms with Crippen molar-refractivity contribution in [2.75, 3.05) is 13.2 Å². The number of unbranched alkanes of at least 4 members (excludes halogenated alkanes) is 29. The van der Waals surface area contributed by atoms with Gasteiger partial charge in [-0.25, -0.2) is 0 Å². The Hall–Kier alpha value is -3.41. The van der Waals surface area contributed by atoms with E-state index < -0.39 is 12.1 Å². The van der Waals surface area contributed by atoms with Crippen LogP contribution >= 0.6 is 0 Å². The van der Waals surface area contributed by atoms with E-state index in [2.05, 4.69) is 99.8 Å². The summed E-state index contributed by atoms with van der Waals surface area (Å²) < 4.78 is 16.7. The minimum atomic E-state index is -0.814. The van der Waals surface area contributed by atoms with Gasteiger partial charge in [-0.05, 0) is 83.5 Å². The van der Waals surface area contributed by atoms with Crippen molar-refractivity contribution in [2.45, 2.75) is 297 Å². The summed E-state index contributed by atoms with van der Waals surface area (Å²) in [5.41, 5.74) is 0. The maximum atomic E-state index is 12.8. The molecule has 0 fully saturated rings. The number of carbonyl (C=O) groups excluding carboxylic acids is 3. The lowest BCUT2D eigenvalue weighted by molar-refractivity contribution is -0.166. The van der Waals surface area contributed by atoms with Gasteiger partial charge in [0.25, 0.3) is 0 Å². The van der Waals surface area contributed by atoms with Gasteiger partial charge in [0.2, 0.25) is 0 Å². The van der Waals surface area contributed by atoms with Gasteiger partial charge in [-0.1, -0.05) is 273 Å². The molecule has 0 amide bonds. The molecule has 0 aliphatic carbocycles. The molecule has 0 radical (unpaired) electrons. The molecule has 0 saturated heterocycles. The Morgan fingerprint density at radius 3 is 0.915 bits per heavy atom. The topological polar surface area (TPSA) is 78.9 Å². The molecule has 6 nitrogen and oxygen atoms in total. The molecule has 0 N–H and O–H groups in total. The third-order valence-corrected chi connectivity index (χ3v) is 12.9. The fourth-order valence-electron chi connectivity index (χ4n) is 8.41. The average molecular weight is 990 g/mol. The summed E-state index contributed by atoms with van der Waals surface area (Å²) in [6.45, 7) is 6.44. The fourth-order valence-corrected chi connectivity index (χ4v) is 8.41. The maximum Gasteiger partial charge on any atom is 0.306 e. The SMILES string of the molecule is CC/C=C\C/C=C\C/C=C\C/C=C\C/C=C\C/C=C\CCC(=O)OC(COC(=O)CCCCCCCCC)COC(=O)CCCCCCCCCCCCCCCCC/C=C\CCCCCCCCCC. The molecule has 0 aromatic heterocycles. The van der Waals surface area contributed by atoms with Crippen LogP contribution in [0.1, 0.15) is 290 Å². The number of esters is 3. The Bertz CT molecular complexity index is 1370. The smallest absolute Gasteiger partial charge is 0.306 e. The monoisotopic (exact) mass is 989 g/mol. The standard InChI is InChI=1S/C65H112O6/c1-4-7-10-13-16-18-20-22-24-26-28-29-30-31-32-33-34-35-37-38-40-42-44-46-49-52-55-58-64(67)70-61-62(60-69-63(66)57-54-51-48-15-12-9-6-3)71-65(68)59-56-53-50-47-45-43-41-39-36-27-25-23-21-19-17-14-11-8-5-2/h8,11,17,19,23,25-26,28,36,39,43,45,50,53,62H,4-7,9-10,12-16,18,20-22,24,27,29-35,37-38,40-42,44,46-49,51-52,54-61H2,1-3H3/b11-8-,19-17-,25-23-,28-26-,39-36-,45-43-,53-50-. The highest BCUT2D eigenvalue weighted by molar-refractivity contribution is 5.71. The first-order valence-electron chi connectivity index (χ1n) is 30.1. The number of rotatable bonds is 54. The van der Waals surface area contributed by atoms with Crippen molar-refractivity contribution < 1.29 is 28.6 Å². The molecule has 408 valence electrons. The molecule has 71 heavy (non-hydrogen) atoms. The van der Waals surface area contributed by atoms with E-state index in [1.165, 1.54) is 167 Å². The normalized spacial score (nSPS) is 12.7. The number of carbonyl (C=O) groups is 3. The largest absolute Gasteiger partial charge is 0.462 e. The van der Waals surface area contributed by atoms with Crippen LogP contribution in [0.3, 0.4) is 0 Å². The van der Waals surface area contributed by atoms with Crippen molar-refractivity contribution in [3.63, 3.8) is 0 Å². The lowest BCUT2D eigenvalue weighted by atomic mass is 10.0. The maximum absolute atomic E-state index is 12.8. The number of allylic oxidation sites excluding steroid dienone is 14. The highest BCUT2D eigenvalue weighted by Gasteiger charge is 2.19. The second-order valence-electron chi connectivity index (χ2n) is 19.9. The van der Waals surface area contributed by atoms with Crippen LogP contribution in [0.5, 0.6) is 0 Å². The Balaban J connectivity index is 4.19. The molecular weight excluding hydrogens is 877 g/mol. The zero-order chi connectivity index (χ0) is 51.4. The van der Waals surface area contributed by atoms with Crippen LogP contribution in [0.15, 0.2) is 85.1 Å². The molecule has 0 saturated carbocycles. The van der Waals surface area contributed by atoms with E-state index >= 15 is 0 Å². The minimum Gasteiger partial charge on any atom is -0.462 e. The second-order valence-corrected chi connectivity index (χ2v) is 19.9. The van der Waals surface area contributed by atoms with Crippen molar-refractivity contribution in [3.05, 3.63) is 85.1 Å². The highest BCUT2D eigenvalue weighted by Crippen LogP contribution is 2.16. The molecular formula is C65H112O6. The van der Waals surface area contributed by atoms with Gasteiger partial charge in [-0.2, -0.15) is 0 Å². The van der Waals surface area contributed by atoms with Gasteiger partial charge in [0.05, 0.1) is 0 Å². The third-order valence-electron chi connectivity index (χ3n) is 12.9. The summed E-state index contributed by atoms with van der Waals surface area (Å²) in [5.74, 6) is -0.990. The molecule has 1 atom stereocenters. The van der Waals surface area contributed by atoms with Crippen LogP contribution < -0.4 is 0 Å². The Morgan fingerprint density at radius 2 is 0.577 bits per heavy atom. The summed E-state index contributed by atoms with van der Waals surface area (Å²) >= 11 is 0. The fraction of sp³-hybridized carbons (Fsp3) is 0.738. The Morgan fingerprint density at radius 1 is 0.296 bits per heavy atom. The summed E-state index contributed by atoms with van der Waals surface area (Å²) in [6.07, 6.45) is 77.7. The highest BCUT2D eigenvalue weighted by atomic mass is 16.6. The summed E-state index contributed by atoms with van der Waals surface area (Å²) in [4.78, 5) is 37.9. The summed E-state index contributed by atoms with van der Waals surface area (Å²) in [5, 5.41) is 0. The van der Waals surface area contributed by atoms with E-state index in [1.807, 2.05) is 6.08 Å². The first-order valence-corrected chi connectivity index (χ1v) is 30.1. The van der Waals surface area contributed by atoms with E-state index in [0.717, 1.165) is 77.0 Å². The Labute approximate surface area is 439 Å². The van der Waals surface area contributed by atoms with Crippen LogP contribution in [0, 0.1) is 0 Å². The second kappa shape index (κ2) is 59.2. The van der Waals surface area contributed by atoms with Crippen molar-refractivity contribution in [3.8, 4) is 0 Å². The van der Waals surface area contributed by atoms with E-state index in [4.69, 9.17) is 14.2 Å². The molecule has 0 heterocycles. The van der Waals surface area contributed by atoms with Gasteiger partial charge in [-0.3, -0.25) is 14.4 Å². The molecule has 0 bridgehead atoms. The number of ether oxygens (including phenoxy) is 3. The Kier molecular flexibility index (Phi) is 56.3. The van der Waals surface area contributed by atoms with E-state index in [-0.39, 0.29) is 31.6 Å². The zero-order valence-corrected chi connectivity index (χ0v) is 46.7. The van der Waals surface area contributed by atoms with E-state index in [0.29, 0.717) is 19.3 Å². The molecule has 0 spiro atoms. The molecule has 0 aliphatic heterocycles. The van der Waals surface area contributed by atoms with Crippen LogP contribution in [0.2, 0.25) is 0 Å². The van der Waals surface area contributed by atoms with Gasteiger partial charge >= 0.3 is 17.9 Å². The van der Waals surface area contributed by atoms with Gasteiger partial charge in [0.15, 0.2) is 6.10 Å². The predicted octanol–water partition coefficient (Wildman–Crippen LogP) is 20.3. The van der Waals surface area contributed by atoms with Crippen LogP contribution in [0.25, 0.3) is 0 Å². The van der Waals surface area contributed by atoms with Gasteiger partial charge in [-0.15, -0.1) is 0 Å². The lowest BCUT2D eigenvalue weighted by Crippen LogP contribution is -2.30. The molecule has 0 aromatic rings. The van der Waals surface area contributed by atoms with Gasteiger partial charge < -0.3 is 14.2 Å². The molecule has 0 aromatic carbocycles. The molecule has 1 unspecified atom stereocenters. The van der Waals surface area contributed by atoms with Crippen molar-refractivity contribution in [2.24, 2.45) is 0 Å². The van der Waals surface area contributed by atoms with Crippen molar-refractivity contribution in [1.29, 1.82) is 0 Å². The third kappa shape index (κ3) is 57.4. The predicted molar refractivity (Wildman–Crippen MR) is 307 cm³/mol. The molecule has 0 rings (SSSR count). The first kappa shape index (κ1) is 67.6. The first-order chi connectivity index (χ1) is 35.0. The van der Waals surface area contributed by atoms with Crippen molar-refractivity contribution in [1.82, 2.24) is 0 Å². The van der Waals surface area contributed by atoms with Crippen molar-refractivity contribution >= 4 is 17.9 Å². The summed E-state index contributed by atoms with van der Waals surface area (Å²) in [7, 11) is 0. The van der Waals surface area contributed by atoms with Crippen LogP contribution in [-0.4, -0.2) is 37.2 Å². The molecule has 0 aliphatic rings. The number of hydrogen-bond donors (Lipinski definition) is 0. The van der Waals surface area contributed by atoms with Crippen LogP contribution in [0.4, 0.5) is 0 Å². The average Bonchev–Trinajstić information content (AvgIpc) is 3.37. The van der Waals surface area contributed by atoms with Gasteiger partial charge in [0.1, 0.15) is 13.2 Å². The molecule has 6 heteroatoms. The van der Waals surface area contributed by atoms with E-state index in [9.17, 15) is 14.4 Å². The quantitative estimate of drug-likeness (QED) is 0.0261. The minimum absolute atomic E-state index is 0.105. The van der Waals surface area contributed by atoms with E-state index in [1.54, 1.807) is 0 Å². The van der Waals surface area contributed by atoms with Gasteiger partial charge in [0, 0.05) is 19.3 Å².